The molecule has 1 unspecified atom stereocenters. The zero-order chi connectivity index (χ0) is 19.5. The number of anilines is 1. The van der Waals surface area contributed by atoms with Gasteiger partial charge >= 0.3 is 6.09 Å². The highest BCUT2D eigenvalue weighted by atomic mass is 16.6. The zero-order valence-electron chi connectivity index (χ0n) is 17.0. The molecule has 0 N–H and O–H groups in total. The lowest BCUT2D eigenvalue weighted by Gasteiger charge is -2.44. The molecule has 26 heavy (non-hydrogen) atoms. The molecule has 0 aromatic heterocycles. The van der Waals surface area contributed by atoms with Crippen LogP contribution in [-0.2, 0) is 4.74 Å². The van der Waals surface area contributed by atoms with Crippen molar-refractivity contribution in [2.75, 3.05) is 38.8 Å². The predicted octanol–water partition coefficient (Wildman–Crippen LogP) is 3.79. The molecular formula is C20H32N2O4. The summed E-state index contributed by atoms with van der Waals surface area (Å²) < 4.78 is 16.3. The van der Waals surface area contributed by atoms with E-state index in [-0.39, 0.29) is 12.1 Å². The van der Waals surface area contributed by atoms with Crippen molar-refractivity contribution in [3.8, 4) is 11.5 Å². The Bertz CT molecular complexity index is 625. The molecular weight excluding hydrogens is 332 g/mol. The van der Waals surface area contributed by atoms with Crippen LogP contribution in [0.1, 0.15) is 34.6 Å². The standard InChI is InChI=1S/C20H32N2O4/c1-14(2)16-13-21(10-11-22(16)19(23)26-20(3,4)5)15-8-9-17(24-6)18(12-15)25-7/h8-9,12,14,16H,10-11,13H2,1-7H3. The Hall–Kier alpha value is -2.11. The molecule has 1 amide bonds. The summed E-state index contributed by atoms with van der Waals surface area (Å²) in [5.74, 6) is 1.75. The molecule has 1 aromatic rings. The van der Waals surface area contributed by atoms with E-state index in [1.54, 1.807) is 14.2 Å². The summed E-state index contributed by atoms with van der Waals surface area (Å²) in [4.78, 5) is 16.8. The number of nitrogens with zero attached hydrogens (tertiary/aromatic N) is 2. The van der Waals surface area contributed by atoms with Crippen LogP contribution >= 0.6 is 0 Å². The molecule has 1 aliphatic rings. The van der Waals surface area contributed by atoms with Crippen LogP contribution in [0, 0.1) is 5.92 Å². The maximum Gasteiger partial charge on any atom is 0.410 e. The Labute approximate surface area is 157 Å². The van der Waals surface area contributed by atoms with Gasteiger partial charge in [0.25, 0.3) is 0 Å². The molecule has 0 aliphatic carbocycles. The molecule has 6 nitrogen and oxygen atoms in total. The highest BCUT2D eigenvalue weighted by molar-refractivity contribution is 5.69. The average molecular weight is 364 g/mol. The zero-order valence-corrected chi connectivity index (χ0v) is 17.0. The fourth-order valence-electron chi connectivity index (χ4n) is 3.18. The fourth-order valence-corrected chi connectivity index (χ4v) is 3.18. The van der Waals surface area contributed by atoms with E-state index in [1.807, 2.05) is 43.9 Å². The normalized spacial score (nSPS) is 18.1. The monoisotopic (exact) mass is 364 g/mol. The maximum atomic E-state index is 12.6. The second-order valence-electron chi connectivity index (χ2n) is 7.97. The first-order chi connectivity index (χ1) is 12.2. The Morgan fingerprint density at radius 3 is 2.31 bits per heavy atom. The van der Waals surface area contributed by atoms with Gasteiger partial charge in [-0.3, -0.25) is 0 Å². The minimum Gasteiger partial charge on any atom is -0.493 e. The molecule has 1 saturated heterocycles. The van der Waals surface area contributed by atoms with Crippen molar-refractivity contribution in [2.45, 2.75) is 46.3 Å². The summed E-state index contributed by atoms with van der Waals surface area (Å²) in [6, 6.07) is 6.02. The van der Waals surface area contributed by atoms with Crippen molar-refractivity contribution in [3.63, 3.8) is 0 Å². The summed E-state index contributed by atoms with van der Waals surface area (Å²) in [6.45, 7) is 12.1. The van der Waals surface area contributed by atoms with E-state index < -0.39 is 5.60 Å². The van der Waals surface area contributed by atoms with Crippen molar-refractivity contribution in [2.24, 2.45) is 5.92 Å². The first-order valence-electron chi connectivity index (χ1n) is 9.13. The van der Waals surface area contributed by atoms with Gasteiger partial charge in [0.2, 0.25) is 0 Å². The van der Waals surface area contributed by atoms with Crippen molar-refractivity contribution >= 4 is 11.8 Å². The van der Waals surface area contributed by atoms with E-state index in [2.05, 4.69) is 18.7 Å². The summed E-state index contributed by atoms with van der Waals surface area (Å²) in [5.41, 5.74) is 0.580. The minimum absolute atomic E-state index is 0.0895. The van der Waals surface area contributed by atoms with E-state index in [0.717, 1.165) is 18.8 Å². The highest BCUT2D eigenvalue weighted by Crippen LogP contribution is 2.33. The number of ether oxygens (including phenoxy) is 3. The first-order valence-corrected chi connectivity index (χ1v) is 9.13. The fraction of sp³-hybridized carbons (Fsp3) is 0.650. The lowest BCUT2D eigenvalue weighted by molar-refractivity contribution is 0.00883. The van der Waals surface area contributed by atoms with Crippen molar-refractivity contribution in [3.05, 3.63) is 18.2 Å². The third kappa shape index (κ3) is 4.74. The molecule has 146 valence electrons. The third-order valence-electron chi connectivity index (χ3n) is 4.55. The van der Waals surface area contributed by atoms with Gasteiger partial charge in [-0.2, -0.15) is 0 Å². The summed E-state index contributed by atoms with van der Waals surface area (Å²) in [5, 5.41) is 0. The summed E-state index contributed by atoms with van der Waals surface area (Å²) in [6.07, 6.45) is -0.233. The molecule has 0 spiro atoms. The number of methoxy groups -OCH3 is 2. The van der Waals surface area contributed by atoms with Crippen LogP contribution in [0.5, 0.6) is 11.5 Å². The molecule has 1 aliphatic heterocycles. The number of piperazine rings is 1. The maximum absolute atomic E-state index is 12.6. The van der Waals surface area contributed by atoms with E-state index >= 15 is 0 Å². The van der Waals surface area contributed by atoms with Gasteiger partial charge in [-0.25, -0.2) is 4.79 Å². The molecule has 0 radical (unpaired) electrons. The van der Waals surface area contributed by atoms with E-state index in [4.69, 9.17) is 14.2 Å². The predicted molar refractivity (Wildman–Crippen MR) is 103 cm³/mol. The number of rotatable bonds is 4. The van der Waals surface area contributed by atoms with Gasteiger partial charge in [0, 0.05) is 31.4 Å². The van der Waals surface area contributed by atoms with Gasteiger partial charge in [0.1, 0.15) is 5.60 Å². The van der Waals surface area contributed by atoms with E-state index in [9.17, 15) is 4.79 Å². The number of hydrogen-bond acceptors (Lipinski definition) is 5. The van der Waals surface area contributed by atoms with Gasteiger partial charge in [0.15, 0.2) is 11.5 Å². The molecule has 2 rings (SSSR count). The van der Waals surface area contributed by atoms with Gasteiger partial charge < -0.3 is 24.0 Å². The quantitative estimate of drug-likeness (QED) is 0.814. The lowest BCUT2D eigenvalue weighted by atomic mass is 9.99. The first kappa shape index (κ1) is 20.2. The second-order valence-corrected chi connectivity index (χ2v) is 7.97. The van der Waals surface area contributed by atoms with Gasteiger partial charge in [0.05, 0.1) is 20.3 Å². The lowest BCUT2D eigenvalue weighted by Crippen LogP contribution is -2.58. The summed E-state index contributed by atoms with van der Waals surface area (Å²) >= 11 is 0. The Morgan fingerprint density at radius 2 is 1.77 bits per heavy atom. The molecule has 1 aromatic carbocycles. The summed E-state index contributed by atoms with van der Waals surface area (Å²) in [7, 11) is 3.27. The molecule has 1 fully saturated rings. The van der Waals surface area contributed by atoms with Crippen LogP contribution in [0.25, 0.3) is 0 Å². The molecule has 1 heterocycles. The Kier molecular flexibility index (Phi) is 6.26. The van der Waals surface area contributed by atoms with E-state index in [0.29, 0.717) is 24.0 Å². The van der Waals surface area contributed by atoms with E-state index in [1.165, 1.54) is 0 Å². The average Bonchev–Trinajstić information content (AvgIpc) is 2.59. The van der Waals surface area contributed by atoms with Crippen molar-refractivity contribution in [1.82, 2.24) is 4.90 Å². The van der Waals surface area contributed by atoms with Crippen LogP contribution in [-0.4, -0.2) is 56.5 Å². The third-order valence-corrected chi connectivity index (χ3v) is 4.55. The second kappa shape index (κ2) is 8.06. The van der Waals surface area contributed by atoms with Gasteiger partial charge in [-0.05, 0) is 38.8 Å². The highest BCUT2D eigenvalue weighted by Gasteiger charge is 2.35. The number of hydrogen-bond donors (Lipinski definition) is 0. The van der Waals surface area contributed by atoms with Crippen molar-refractivity contribution in [1.29, 1.82) is 0 Å². The van der Waals surface area contributed by atoms with Crippen LogP contribution in [0.15, 0.2) is 18.2 Å². The van der Waals surface area contributed by atoms with Crippen LogP contribution < -0.4 is 14.4 Å². The smallest absolute Gasteiger partial charge is 0.410 e. The minimum atomic E-state index is -0.487. The largest absolute Gasteiger partial charge is 0.493 e. The molecule has 6 heteroatoms. The van der Waals surface area contributed by atoms with Gasteiger partial charge in [-0.15, -0.1) is 0 Å². The Morgan fingerprint density at radius 1 is 1.12 bits per heavy atom. The SMILES string of the molecule is COc1ccc(N2CCN(C(=O)OC(C)(C)C)C(C(C)C)C2)cc1OC. The number of benzene rings is 1. The number of amides is 1. The molecule has 0 bridgehead atoms. The molecule has 1 atom stereocenters. The molecule has 0 saturated carbocycles. The number of carbonyl (C=O) groups is 1. The van der Waals surface area contributed by atoms with Crippen molar-refractivity contribution < 1.29 is 19.0 Å². The number of carbonyl (C=O) groups excluding carboxylic acids is 1. The Balaban J connectivity index is 2.18. The van der Waals surface area contributed by atoms with Crippen LogP contribution in [0.4, 0.5) is 10.5 Å². The van der Waals surface area contributed by atoms with Gasteiger partial charge in [-0.1, -0.05) is 13.8 Å². The van der Waals surface area contributed by atoms with Crippen LogP contribution in [0.3, 0.4) is 0 Å². The topological polar surface area (TPSA) is 51.2 Å². The van der Waals surface area contributed by atoms with Crippen LogP contribution in [0.2, 0.25) is 0 Å².